The van der Waals surface area contributed by atoms with E-state index in [2.05, 4.69) is 11.6 Å². The number of rotatable bonds is 5. The number of carbonyl (C=O) groups is 1. The average molecular weight is 478 g/mol. The Morgan fingerprint density at radius 1 is 1.09 bits per heavy atom. The van der Waals surface area contributed by atoms with E-state index in [0.717, 1.165) is 37.2 Å². The molecule has 1 fully saturated rings. The number of carbonyl (C=O) groups excluding carboxylic acids is 1. The van der Waals surface area contributed by atoms with E-state index in [1.165, 1.54) is 12.3 Å². The summed E-state index contributed by atoms with van der Waals surface area (Å²) in [7, 11) is 0. The van der Waals surface area contributed by atoms with Gasteiger partial charge in [-0.2, -0.15) is 5.10 Å². The molecular weight excluding hydrogens is 457 g/mol. The Balaban J connectivity index is 1.49. The third-order valence-corrected chi connectivity index (χ3v) is 6.07. The van der Waals surface area contributed by atoms with Crippen LogP contribution in [0.4, 0.5) is 13.2 Å². The highest BCUT2D eigenvalue weighted by molar-refractivity contribution is 5.87. The van der Waals surface area contributed by atoms with Gasteiger partial charge in [0, 0.05) is 25.1 Å². The Morgan fingerprint density at radius 2 is 1.89 bits per heavy atom. The molecule has 9 heteroatoms. The van der Waals surface area contributed by atoms with Crippen LogP contribution in [0, 0.1) is 17.5 Å². The maximum absolute atomic E-state index is 14.9. The molecule has 0 spiro atoms. The molecule has 6 nitrogen and oxygen atoms in total. The van der Waals surface area contributed by atoms with E-state index in [-0.39, 0.29) is 17.6 Å². The van der Waals surface area contributed by atoms with Crippen LogP contribution in [0.5, 0.6) is 11.5 Å². The van der Waals surface area contributed by atoms with Crippen molar-refractivity contribution >= 4 is 16.8 Å². The minimum atomic E-state index is -0.684. The van der Waals surface area contributed by atoms with Crippen molar-refractivity contribution in [2.45, 2.75) is 18.8 Å². The molecule has 0 radical (unpaired) electrons. The summed E-state index contributed by atoms with van der Waals surface area (Å²) in [5.41, 5.74) is 1.65. The second kappa shape index (κ2) is 9.25. The van der Waals surface area contributed by atoms with Gasteiger partial charge >= 0.3 is 0 Å². The van der Waals surface area contributed by atoms with E-state index in [1.54, 1.807) is 33.8 Å². The topological polar surface area (TPSA) is 60.2 Å². The molecule has 2 aromatic carbocycles. The lowest BCUT2D eigenvalue weighted by Gasteiger charge is -2.31. The van der Waals surface area contributed by atoms with Crippen molar-refractivity contribution in [3.8, 4) is 17.2 Å². The van der Waals surface area contributed by atoms with Gasteiger partial charge in [-0.25, -0.2) is 17.9 Å². The van der Waals surface area contributed by atoms with Crippen molar-refractivity contribution in [3.63, 3.8) is 0 Å². The largest absolute Gasteiger partial charge is 0.454 e. The molecule has 5 rings (SSSR count). The fraction of sp³-hybridized carbons (Fsp3) is 0.192. The van der Waals surface area contributed by atoms with Gasteiger partial charge in [-0.3, -0.25) is 9.78 Å². The van der Waals surface area contributed by atoms with E-state index in [0.29, 0.717) is 41.1 Å². The van der Waals surface area contributed by atoms with E-state index in [4.69, 9.17) is 9.84 Å². The summed E-state index contributed by atoms with van der Waals surface area (Å²) in [5, 5.41) is 5.09. The SMILES string of the molecule is C=CC(=O)N1CCC[C@@H](c2nn(-c3ccc(Oc4cc(F)ccc4F)cc3)c3cncc(F)c23)C1. The molecule has 4 aromatic rings. The van der Waals surface area contributed by atoms with Crippen LogP contribution >= 0.6 is 0 Å². The molecule has 1 atom stereocenters. The standard InChI is InChI=1S/C26H21F3N4O2/c1-2-24(34)32-11-3-4-16(15-32)26-25-21(29)13-30-14-22(25)33(31-26)18-6-8-19(9-7-18)35-23-12-17(27)5-10-20(23)28/h2,5-10,12-14,16H,1,3-4,11,15H2/t16-/m1/s1. The van der Waals surface area contributed by atoms with Crippen molar-refractivity contribution in [1.82, 2.24) is 19.7 Å². The van der Waals surface area contributed by atoms with Gasteiger partial charge in [0.15, 0.2) is 17.4 Å². The van der Waals surface area contributed by atoms with Crippen LogP contribution in [-0.2, 0) is 4.79 Å². The first kappa shape index (κ1) is 22.6. The number of pyridine rings is 1. The van der Waals surface area contributed by atoms with Crippen LogP contribution in [-0.4, -0.2) is 38.7 Å². The molecule has 0 N–H and O–H groups in total. The number of ether oxygens (including phenoxy) is 1. The zero-order chi connectivity index (χ0) is 24.5. The number of hydrogen-bond donors (Lipinski definition) is 0. The number of piperidine rings is 1. The molecule has 0 saturated carbocycles. The Labute approximate surface area is 199 Å². The third kappa shape index (κ3) is 4.37. The Kier molecular flexibility index (Phi) is 5.98. The van der Waals surface area contributed by atoms with Crippen LogP contribution in [0.25, 0.3) is 16.6 Å². The highest BCUT2D eigenvalue weighted by Crippen LogP contribution is 2.34. The number of benzene rings is 2. The highest BCUT2D eigenvalue weighted by Gasteiger charge is 2.29. The summed E-state index contributed by atoms with van der Waals surface area (Å²) in [6.07, 6.45) is 5.51. The highest BCUT2D eigenvalue weighted by atomic mass is 19.1. The van der Waals surface area contributed by atoms with Crippen molar-refractivity contribution < 1.29 is 22.7 Å². The van der Waals surface area contributed by atoms with E-state index in [9.17, 15) is 18.0 Å². The lowest BCUT2D eigenvalue weighted by atomic mass is 9.93. The zero-order valence-corrected chi connectivity index (χ0v) is 18.6. The molecule has 0 aliphatic carbocycles. The molecule has 35 heavy (non-hydrogen) atoms. The maximum Gasteiger partial charge on any atom is 0.245 e. The molecule has 1 saturated heterocycles. The molecule has 1 aliphatic rings. The van der Waals surface area contributed by atoms with Gasteiger partial charge in [-0.15, -0.1) is 0 Å². The molecular formula is C26H21F3N4O2. The molecule has 0 bridgehead atoms. The number of likely N-dealkylation sites (tertiary alicyclic amines) is 1. The number of amides is 1. The van der Waals surface area contributed by atoms with E-state index in [1.807, 2.05) is 0 Å². The lowest BCUT2D eigenvalue weighted by Crippen LogP contribution is -2.38. The van der Waals surface area contributed by atoms with Crippen molar-refractivity contribution in [2.75, 3.05) is 13.1 Å². The van der Waals surface area contributed by atoms with Gasteiger partial charge in [-0.1, -0.05) is 6.58 Å². The molecule has 1 amide bonds. The van der Waals surface area contributed by atoms with E-state index < -0.39 is 17.5 Å². The number of halogens is 3. The average Bonchev–Trinajstić information content (AvgIpc) is 3.27. The van der Waals surface area contributed by atoms with Crippen molar-refractivity contribution in [2.24, 2.45) is 0 Å². The lowest BCUT2D eigenvalue weighted by molar-refractivity contribution is -0.127. The quantitative estimate of drug-likeness (QED) is 0.355. The second-order valence-corrected chi connectivity index (χ2v) is 8.31. The summed E-state index contributed by atoms with van der Waals surface area (Å²) in [5.74, 6) is -2.03. The van der Waals surface area contributed by atoms with E-state index >= 15 is 0 Å². The van der Waals surface area contributed by atoms with Crippen LogP contribution in [0.1, 0.15) is 24.5 Å². The molecule has 0 unspecified atom stereocenters. The smallest absolute Gasteiger partial charge is 0.245 e. The van der Waals surface area contributed by atoms with Gasteiger partial charge in [0.2, 0.25) is 5.91 Å². The Morgan fingerprint density at radius 3 is 2.66 bits per heavy atom. The van der Waals surface area contributed by atoms with Crippen LogP contribution in [0.2, 0.25) is 0 Å². The second-order valence-electron chi connectivity index (χ2n) is 8.31. The number of aromatic nitrogens is 3. The summed E-state index contributed by atoms with van der Waals surface area (Å²) < 4.78 is 49.3. The van der Waals surface area contributed by atoms with Crippen LogP contribution < -0.4 is 4.74 Å². The normalized spacial score (nSPS) is 15.9. The molecule has 2 aromatic heterocycles. The Bertz CT molecular complexity index is 1420. The first-order valence-electron chi connectivity index (χ1n) is 11.1. The van der Waals surface area contributed by atoms with Gasteiger partial charge in [0.25, 0.3) is 0 Å². The van der Waals surface area contributed by atoms with Crippen LogP contribution in [0.3, 0.4) is 0 Å². The third-order valence-electron chi connectivity index (χ3n) is 6.07. The fourth-order valence-corrected chi connectivity index (χ4v) is 4.40. The first-order valence-corrected chi connectivity index (χ1v) is 11.1. The van der Waals surface area contributed by atoms with Gasteiger partial charge < -0.3 is 9.64 Å². The Hall–Kier alpha value is -4.14. The monoisotopic (exact) mass is 478 g/mol. The number of nitrogens with zero attached hydrogens (tertiary/aromatic N) is 4. The predicted molar refractivity (Wildman–Crippen MR) is 124 cm³/mol. The van der Waals surface area contributed by atoms with Crippen molar-refractivity contribution in [3.05, 3.63) is 90.7 Å². The first-order chi connectivity index (χ1) is 16.9. The molecule has 3 heterocycles. The molecule has 1 aliphatic heterocycles. The predicted octanol–water partition coefficient (Wildman–Crippen LogP) is 5.52. The van der Waals surface area contributed by atoms with Crippen molar-refractivity contribution in [1.29, 1.82) is 0 Å². The number of hydrogen-bond acceptors (Lipinski definition) is 4. The number of fused-ring (bicyclic) bond motifs is 1. The van der Waals surface area contributed by atoms with Crippen LogP contribution in [0.15, 0.2) is 67.5 Å². The van der Waals surface area contributed by atoms with Gasteiger partial charge in [0.05, 0.1) is 34.7 Å². The minimum absolute atomic E-state index is 0.146. The summed E-state index contributed by atoms with van der Waals surface area (Å²) in [6, 6.07) is 9.51. The summed E-state index contributed by atoms with van der Waals surface area (Å²) in [4.78, 5) is 17.8. The fourth-order valence-electron chi connectivity index (χ4n) is 4.40. The summed E-state index contributed by atoms with van der Waals surface area (Å²) in [6.45, 7) is 4.60. The van der Waals surface area contributed by atoms with Gasteiger partial charge in [0.1, 0.15) is 11.6 Å². The minimum Gasteiger partial charge on any atom is -0.454 e. The maximum atomic E-state index is 14.9. The summed E-state index contributed by atoms with van der Waals surface area (Å²) >= 11 is 0. The molecule has 178 valence electrons. The van der Waals surface area contributed by atoms with Gasteiger partial charge in [-0.05, 0) is 55.3 Å². The zero-order valence-electron chi connectivity index (χ0n) is 18.6.